The van der Waals surface area contributed by atoms with Gasteiger partial charge in [-0.2, -0.15) is 13.2 Å². The minimum Gasteiger partial charge on any atom is -0.508 e. The van der Waals surface area contributed by atoms with Crippen molar-refractivity contribution in [3.8, 4) is 5.75 Å². The zero-order valence-corrected chi connectivity index (χ0v) is 12.6. The van der Waals surface area contributed by atoms with Crippen LogP contribution in [0.1, 0.15) is 18.0 Å². The monoisotopic (exact) mass is 324 g/mol. The lowest BCUT2D eigenvalue weighted by Gasteiger charge is -2.36. The molecule has 0 aliphatic carbocycles. The normalized spacial score (nSPS) is 18.2. The van der Waals surface area contributed by atoms with Crippen molar-refractivity contribution >= 4 is 10.8 Å². The van der Waals surface area contributed by atoms with Crippen molar-refractivity contribution in [1.82, 2.24) is 10.2 Å². The fraction of sp³-hybridized carbons (Fsp3) is 0.412. The number of nitrogens with zero attached hydrogens (tertiary/aromatic N) is 1. The highest BCUT2D eigenvalue weighted by molar-refractivity contribution is 5.88. The van der Waals surface area contributed by atoms with E-state index < -0.39 is 18.6 Å². The predicted molar refractivity (Wildman–Crippen MR) is 83.5 cm³/mol. The molecule has 1 fully saturated rings. The molecule has 0 saturated carbocycles. The van der Waals surface area contributed by atoms with E-state index in [0.29, 0.717) is 37.1 Å². The highest BCUT2D eigenvalue weighted by atomic mass is 19.4. The summed E-state index contributed by atoms with van der Waals surface area (Å²) >= 11 is 0. The maximum absolute atomic E-state index is 13.2. The van der Waals surface area contributed by atoms with Crippen LogP contribution in [0.15, 0.2) is 36.4 Å². The van der Waals surface area contributed by atoms with Crippen LogP contribution in [-0.2, 0) is 0 Å². The lowest BCUT2D eigenvalue weighted by Crippen LogP contribution is -2.46. The Hall–Kier alpha value is -1.79. The second kappa shape index (κ2) is 6.37. The first-order valence-electron chi connectivity index (χ1n) is 7.68. The summed E-state index contributed by atoms with van der Waals surface area (Å²) in [4.78, 5) is 1.81. The number of alkyl halides is 3. The first-order valence-corrected chi connectivity index (χ1v) is 7.68. The number of benzene rings is 2. The van der Waals surface area contributed by atoms with E-state index in [1.54, 1.807) is 18.2 Å². The van der Waals surface area contributed by atoms with E-state index in [2.05, 4.69) is 5.32 Å². The Kier molecular flexibility index (Phi) is 4.46. The molecule has 0 spiro atoms. The van der Waals surface area contributed by atoms with Gasteiger partial charge in [-0.15, -0.1) is 0 Å². The van der Waals surface area contributed by atoms with Crippen molar-refractivity contribution in [1.29, 1.82) is 0 Å². The van der Waals surface area contributed by atoms with Gasteiger partial charge in [0.25, 0.3) is 0 Å². The molecule has 3 nitrogen and oxygen atoms in total. The average molecular weight is 324 g/mol. The summed E-state index contributed by atoms with van der Waals surface area (Å²) in [7, 11) is 0. The Morgan fingerprint density at radius 3 is 2.48 bits per heavy atom. The third-order valence-electron chi connectivity index (χ3n) is 4.30. The van der Waals surface area contributed by atoms with E-state index in [0.717, 1.165) is 5.39 Å². The van der Waals surface area contributed by atoms with Crippen molar-refractivity contribution in [2.75, 3.05) is 26.2 Å². The summed E-state index contributed by atoms with van der Waals surface area (Å²) in [6.07, 6.45) is -5.26. The molecule has 2 aromatic rings. The molecule has 1 heterocycles. The summed E-state index contributed by atoms with van der Waals surface area (Å²) in [5.74, 6) is -0.0727. The largest absolute Gasteiger partial charge is 0.508 e. The number of fused-ring (bicyclic) bond motifs is 1. The Morgan fingerprint density at radius 1 is 1.09 bits per heavy atom. The summed E-state index contributed by atoms with van der Waals surface area (Å²) in [5, 5.41) is 15.0. The van der Waals surface area contributed by atoms with Gasteiger partial charge in [-0.05, 0) is 16.8 Å². The zero-order chi connectivity index (χ0) is 16.4. The molecule has 0 radical (unpaired) electrons. The first kappa shape index (κ1) is 16.1. The van der Waals surface area contributed by atoms with Gasteiger partial charge in [-0.25, -0.2) is 0 Å². The van der Waals surface area contributed by atoms with Crippen LogP contribution in [0, 0.1) is 0 Å². The summed E-state index contributed by atoms with van der Waals surface area (Å²) in [6, 6.07) is 9.60. The summed E-state index contributed by atoms with van der Waals surface area (Å²) < 4.78 is 39.5. The minimum atomic E-state index is -4.29. The number of rotatable bonds is 3. The fourth-order valence-electron chi connectivity index (χ4n) is 3.26. The van der Waals surface area contributed by atoms with Crippen molar-refractivity contribution in [2.45, 2.75) is 18.6 Å². The van der Waals surface area contributed by atoms with Crippen LogP contribution < -0.4 is 5.32 Å². The van der Waals surface area contributed by atoms with Gasteiger partial charge in [-0.1, -0.05) is 30.3 Å². The second-order valence-electron chi connectivity index (χ2n) is 5.84. The van der Waals surface area contributed by atoms with Crippen molar-refractivity contribution in [3.05, 3.63) is 42.0 Å². The number of phenols is 1. The lowest BCUT2D eigenvalue weighted by atomic mass is 9.94. The van der Waals surface area contributed by atoms with Crippen LogP contribution in [0.5, 0.6) is 5.75 Å². The van der Waals surface area contributed by atoms with Crippen LogP contribution in [-0.4, -0.2) is 42.4 Å². The highest BCUT2D eigenvalue weighted by Gasteiger charge is 2.37. The van der Waals surface area contributed by atoms with E-state index in [4.69, 9.17) is 0 Å². The van der Waals surface area contributed by atoms with Crippen molar-refractivity contribution in [3.63, 3.8) is 0 Å². The number of hydrogen-bond donors (Lipinski definition) is 2. The molecule has 1 aliphatic rings. The molecule has 1 aliphatic heterocycles. The SMILES string of the molecule is Oc1ccc2ccccc2c1[C@H](CC(F)(F)F)N1CCNCC1. The molecule has 0 amide bonds. The van der Waals surface area contributed by atoms with E-state index in [1.165, 1.54) is 6.07 Å². The fourth-order valence-corrected chi connectivity index (χ4v) is 3.26. The van der Waals surface area contributed by atoms with Crippen LogP contribution in [0.25, 0.3) is 10.8 Å². The quantitative estimate of drug-likeness (QED) is 0.908. The smallest absolute Gasteiger partial charge is 0.390 e. The van der Waals surface area contributed by atoms with Gasteiger partial charge in [0.1, 0.15) is 5.75 Å². The molecule has 2 N–H and O–H groups in total. The standard InChI is InChI=1S/C17H19F3N2O/c18-17(19,20)11-14(22-9-7-21-8-10-22)16-13-4-2-1-3-12(13)5-6-15(16)23/h1-6,14,21,23H,7-11H2/t14-/m0/s1. The highest BCUT2D eigenvalue weighted by Crippen LogP contribution is 2.41. The molecule has 23 heavy (non-hydrogen) atoms. The van der Waals surface area contributed by atoms with E-state index >= 15 is 0 Å². The minimum absolute atomic E-state index is 0.0727. The first-order chi connectivity index (χ1) is 11.0. The Labute approximate surface area is 132 Å². The second-order valence-corrected chi connectivity index (χ2v) is 5.84. The van der Waals surface area contributed by atoms with Crippen LogP contribution in [0.4, 0.5) is 13.2 Å². The number of piperazine rings is 1. The number of phenolic OH excluding ortho intramolecular Hbond substituents is 1. The Morgan fingerprint density at radius 2 is 1.78 bits per heavy atom. The van der Waals surface area contributed by atoms with E-state index in [-0.39, 0.29) is 5.75 Å². The molecule has 2 aromatic carbocycles. The van der Waals surface area contributed by atoms with Crippen LogP contribution in [0.3, 0.4) is 0 Å². The number of aromatic hydroxyl groups is 1. The molecule has 3 rings (SSSR count). The van der Waals surface area contributed by atoms with Gasteiger partial charge in [-0.3, -0.25) is 4.90 Å². The summed E-state index contributed by atoms with van der Waals surface area (Å²) in [6.45, 7) is 2.37. The van der Waals surface area contributed by atoms with Gasteiger partial charge in [0.05, 0.1) is 6.42 Å². The Bertz CT molecular complexity index is 681. The van der Waals surface area contributed by atoms with Gasteiger partial charge in [0.15, 0.2) is 0 Å². The van der Waals surface area contributed by atoms with Gasteiger partial charge < -0.3 is 10.4 Å². The molecule has 124 valence electrons. The molecule has 0 unspecified atom stereocenters. The maximum Gasteiger partial charge on any atom is 0.390 e. The molecule has 0 aromatic heterocycles. The molecular formula is C17H19F3N2O. The third kappa shape index (κ3) is 3.59. The van der Waals surface area contributed by atoms with Gasteiger partial charge in [0, 0.05) is 37.8 Å². The summed E-state index contributed by atoms with van der Waals surface area (Å²) in [5.41, 5.74) is 0.377. The number of hydrogen-bond acceptors (Lipinski definition) is 3. The maximum atomic E-state index is 13.2. The Balaban J connectivity index is 2.10. The topological polar surface area (TPSA) is 35.5 Å². The predicted octanol–water partition coefficient (Wildman–Crippen LogP) is 3.44. The average Bonchev–Trinajstić information content (AvgIpc) is 2.53. The molecule has 0 bridgehead atoms. The van der Waals surface area contributed by atoms with Crippen LogP contribution >= 0.6 is 0 Å². The third-order valence-corrected chi connectivity index (χ3v) is 4.30. The van der Waals surface area contributed by atoms with Crippen LogP contribution in [0.2, 0.25) is 0 Å². The van der Waals surface area contributed by atoms with Crippen molar-refractivity contribution in [2.24, 2.45) is 0 Å². The molecular weight excluding hydrogens is 305 g/mol. The number of nitrogens with one attached hydrogen (secondary N) is 1. The zero-order valence-electron chi connectivity index (χ0n) is 12.6. The lowest BCUT2D eigenvalue weighted by molar-refractivity contribution is -0.148. The molecule has 6 heteroatoms. The molecule has 1 atom stereocenters. The van der Waals surface area contributed by atoms with Crippen molar-refractivity contribution < 1.29 is 18.3 Å². The van der Waals surface area contributed by atoms with Gasteiger partial charge >= 0.3 is 6.18 Å². The van der Waals surface area contributed by atoms with E-state index in [9.17, 15) is 18.3 Å². The van der Waals surface area contributed by atoms with Gasteiger partial charge in [0.2, 0.25) is 0 Å². The number of halogens is 3. The van der Waals surface area contributed by atoms with E-state index in [1.807, 2.05) is 17.0 Å². The molecule has 1 saturated heterocycles.